The Kier molecular flexibility index (Phi) is 4.02. The van der Waals surface area contributed by atoms with E-state index in [1.54, 1.807) is 0 Å². The van der Waals surface area contributed by atoms with E-state index in [0.717, 1.165) is 50.9 Å². The summed E-state index contributed by atoms with van der Waals surface area (Å²) in [6.45, 7) is 13.4. The highest BCUT2D eigenvalue weighted by Gasteiger charge is 2.26. The molecule has 0 radical (unpaired) electrons. The number of aromatic nitrogens is 2. The van der Waals surface area contributed by atoms with Crippen molar-refractivity contribution in [2.45, 2.75) is 39.2 Å². The van der Waals surface area contributed by atoms with Gasteiger partial charge in [-0.2, -0.15) is 0 Å². The molecule has 3 rings (SSSR count). The second-order valence-corrected chi connectivity index (χ2v) is 7.09. The second kappa shape index (κ2) is 5.79. The molecule has 0 saturated carbocycles. The summed E-state index contributed by atoms with van der Waals surface area (Å²) in [5.41, 5.74) is 0.261. The average Bonchev–Trinajstić information content (AvgIpc) is 3.01. The topological polar surface area (TPSA) is 35.5 Å². The molecule has 3 heterocycles. The molecule has 2 aliphatic heterocycles. The molecule has 0 unspecified atom stereocenters. The van der Waals surface area contributed by atoms with Gasteiger partial charge in [-0.05, 0) is 45.7 Å². The van der Waals surface area contributed by atoms with Crippen molar-refractivity contribution in [2.75, 3.05) is 49.1 Å². The van der Waals surface area contributed by atoms with Crippen LogP contribution in [0.25, 0.3) is 0 Å². The standard InChI is InChI=1S/C16H27N5/c1-16(2,3)21-12-10-20(11-13-21)15-7-6-14(17-18-15)19-8-4-5-9-19/h6-7H,4-5,8-13H2,1-3H3. The van der Waals surface area contributed by atoms with Crippen LogP contribution >= 0.6 is 0 Å². The summed E-state index contributed by atoms with van der Waals surface area (Å²) in [7, 11) is 0. The predicted molar refractivity (Wildman–Crippen MR) is 87.0 cm³/mol. The fourth-order valence-electron chi connectivity index (χ4n) is 3.21. The number of hydrogen-bond donors (Lipinski definition) is 0. The van der Waals surface area contributed by atoms with Crippen molar-refractivity contribution < 1.29 is 0 Å². The lowest BCUT2D eigenvalue weighted by molar-refractivity contribution is 0.128. The van der Waals surface area contributed by atoms with Crippen molar-refractivity contribution in [3.8, 4) is 0 Å². The highest BCUT2D eigenvalue weighted by molar-refractivity contribution is 5.45. The van der Waals surface area contributed by atoms with Crippen molar-refractivity contribution in [3.63, 3.8) is 0 Å². The molecule has 116 valence electrons. The van der Waals surface area contributed by atoms with E-state index in [2.05, 4.69) is 57.8 Å². The van der Waals surface area contributed by atoms with Crippen molar-refractivity contribution >= 4 is 11.6 Å². The second-order valence-electron chi connectivity index (χ2n) is 7.09. The zero-order chi connectivity index (χ0) is 14.9. The SMILES string of the molecule is CC(C)(C)N1CCN(c2ccc(N3CCCC3)nn2)CC1. The lowest BCUT2D eigenvalue weighted by Gasteiger charge is -2.42. The van der Waals surface area contributed by atoms with Gasteiger partial charge in [0.25, 0.3) is 0 Å². The minimum atomic E-state index is 0.261. The van der Waals surface area contributed by atoms with Gasteiger partial charge >= 0.3 is 0 Å². The summed E-state index contributed by atoms with van der Waals surface area (Å²) in [6.07, 6.45) is 2.55. The van der Waals surface area contributed by atoms with Crippen molar-refractivity contribution in [1.82, 2.24) is 15.1 Å². The first-order chi connectivity index (χ1) is 10.0. The fourth-order valence-corrected chi connectivity index (χ4v) is 3.21. The largest absolute Gasteiger partial charge is 0.355 e. The summed E-state index contributed by atoms with van der Waals surface area (Å²) in [5.74, 6) is 2.05. The number of anilines is 2. The Hall–Kier alpha value is -1.36. The molecule has 5 heteroatoms. The summed E-state index contributed by atoms with van der Waals surface area (Å²) in [5, 5.41) is 8.87. The Morgan fingerprint density at radius 1 is 0.762 bits per heavy atom. The molecule has 0 amide bonds. The van der Waals surface area contributed by atoms with Crippen LogP contribution in [0.5, 0.6) is 0 Å². The lowest BCUT2D eigenvalue weighted by Crippen LogP contribution is -2.53. The van der Waals surface area contributed by atoms with Crippen LogP contribution in [0.1, 0.15) is 33.6 Å². The molecule has 0 atom stereocenters. The number of rotatable bonds is 2. The van der Waals surface area contributed by atoms with Gasteiger partial charge in [-0.15, -0.1) is 10.2 Å². The van der Waals surface area contributed by atoms with E-state index in [0.29, 0.717) is 0 Å². The Labute approximate surface area is 127 Å². The molecule has 1 aromatic rings. The van der Waals surface area contributed by atoms with Crippen LogP contribution in [0.3, 0.4) is 0 Å². The third-order valence-electron chi connectivity index (χ3n) is 4.62. The number of hydrogen-bond acceptors (Lipinski definition) is 5. The first-order valence-corrected chi connectivity index (χ1v) is 8.13. The van der Waals surface area contributed by atoms with Crippen LogP contribution in [0.4, 0.5) is 11.6 Å². The maximum Gasteiger partial charge on any atom is 0.151 e. The molecule has 2 aliphatic rings. The van der Waals surface area contributed by atoms with Gasteiger partial charge < -0.3 is 9.80 Å². The maximum absolute atomic E-state index is 4.45. The third kappa shape index (κ3) is 3.28. The fraction of sp³-hybridized carbons (Fsp3) is 0.750. The summed E-state index contributed by atoms with van der Waals surface area (Å²) in [4.78, 5) is 7.22. The summed E-state index contributed by atoms with van der Waals surface area (Å²) >= 11 is 0. The van der Waals surface area contributed by atoms with E-state index in [1.165, 1.54) is 12.8 Å². The molecular formula is C16H27N5. The van der Waals surface area contributed by atoms with Gasteiger partial charge in [-0.3, -0.25) is 4.90 Å². The van der Waals surface area contributed by atoms with Gasteiger partial charge in [-0.1, -0.05) is 0 Å². The first kappa shape index (κ1) is 14.6. The minimum absolute atomic E-state index is 0.261. The van der Waals surface area contributed by atoms with E-state index in [1.807, 2.05) is 0 Å². The molecule has 5 nitrogen and oxygen atoms in total. The molecule has 2 saturated heterocycles. The molecule has 0 aliphatic carbocycles. The molecule has 2 fully saturated rings. The first-order valence-electron chi connectivity index (χ1n) is 8.13. The van der Waals surface area contributed by atoms with E-state index in [-0.39, 0.29) is 5.54 Å². The van der Waals surface area contributed by atoms with Gasteiger partial charge in [-0.25, -0.2) is 0 Å². The normalized spacial score (nSPS) is 21.1. The average molecular weight is 289 g/mol. The van der Waals surface area contributed by atoms with Crippen LogP contribution < -0.4 is 9.80 Å². The van der Waals surface area contributed by atoms with Crippen molar-refractivity contribution in [1.29, 1.82) is 0 Å². The zero-order valence-corrected chi connectivity index (χ0v) is 13.5. The Balaban J connectivity index is 1.60. The maximum atomic E-state index is 4.45. The smallest absolute Gasteiger partial charge is 0.151 e. The van der Waals surface area contributed by atoms with Gasteiger partial charge in [0, 0.05) is 44.8 Å². The molecule has 1 aromatic heterocycles. The van der Waals surface area contributed by atoms with E-state index < -0.39 is 0 Å². The Morgan fingerprint density at radius 3 is 1.67 bits per heavy atom. The third-order valence-corrected chi connectivity index (χ3v) is 4.62. The molecule has 0 N–H and O–H groups in total. The van der Waals surface area contributed by atoms with Gasteiger partial charge in [0.1, 0.15) is 0 Å². The van der Waals surface area contributed by atoms with Crippen LogP contribution in [-0.4, -0.2) is 59.9 Å². The van der Waals surface area contributed by atoms with Crippen LogP contribution in [0, 0.1) is 0 Å². The summed E-state index contributed by atoms with van der Waals surface area (Å²) in [6, 6.07) is 4.26. The van der Waals surface area contributed by atoms with Gasteiger partial charge in [0.05, 0.1) is 0 Å². The van der Waals surface area contributed by atoms with E-state index in [9.17, 15) is 0 Å². The molecule has 0 bridgehead atoms. The molecular weight excluding hydrogens is 262 g/mol. The van der Waals surface area contributed by atoms with E-state index in [4.69, 9.17) is 0 Å². The van der Waals surface area contributed by atoms with Gasteiger partial charge in [0.2, 0.25) is 0 Å². The monoisotopic (exact) mass is 289 g/mol. The quantitative estimate of drug-likeness (QED) is 0.832. The van der Waals surface area contributed by atoms with Crippen molar-refractivity contribution in [3.05, 3.63) is 12.1 Å². The molecule has 0 spiro atoms. The zero-order valence-electron chi connectivity index (χ0n) is 13.5. The van der Waals surface area contributed by atoms with Crippen LogP contribution in [0.15, 0.2) is 12.1 Å². The Morgan fingerprint density at radius 2 is 1.24 bits per heavy atom. The molecule has 0 aromatic carbocycles. The Bertz CT molecular complexity index is 451. The van der Waals surface area contributed by atoms with E-state index >= 15 is 0 Å². The minimum Gasteiger partial charge on any atom is -0.355 e. The van der Waals surface area contributed by atoms with Crippen LogP contribution in [-0.2, 0) is 0 Å². The number of nitrogens with zero attached hydrogens (tertiary/aromatic N) is 5. The summed E-state index contributed by atoms with van der Waals surface area (Å²) < 4.78 is 0. The van der Waals surface area contributed by atoms with Crippen LogP contribution in [0.2, 0.25) is 0 Å². The van der Waals surface area contributed by atoms with Crippen molar-refractivity contribution in [2.24, 2.45) is 0 Å². The highest BCUT2D eigenvalue weighted by Crippen LogP contribution is 2.21. The number of piperazine rings is 1. The highest BCUT2D eigenvalue weighted by atomic mass is 15.4. The predicted octanol–water partition coefficient (Wildman–Crippen LogP) is 2.00. The lowest BCUT2D eigenvalue weighted by atomic mass is 10.1. The molecule has 21 heavy (non-hydrogen) atoms. The van der Waals surface area contributed by atoms with Gasteiger partial charge in [0.15, 0.2) is 11.6 Å².